The van der Waals surface area contributed by atoms with Crippen LogP contribution in [0, 0.1) is 31.1 Å². The first-order valence-corrected chi connectivity index (χ1v) is 12.8. The summed E-state index contributed by atoms with van der Waals surface area (Å²) < 4.78 is 43.2. The molecule has 0 saturated heterocycles. The van der Waals surface area contributed by atoms with Crippen molar-refractivity contribution in [3.63, 3.8) is 0 Å². The molecule has 6 heteroatoms. The van der Waals surface area contributed by atoms with Gasteiger partial charge in [0.25, 0.3) is 0 Å². The number of nitrogens with zero attached hydrogens (tertiary/aromatic N) is 5. The van der Waals surface area contributed by atoms with Crippen molar-refractivity contribution in [2.75, 3.05) is 16.8 Å². The second-order valence-corrected chi connectivity index (χ2v) is 10.5. The number of aromatic nitrogens is 3. The second-order valence-electron chi connectivity index (χ2n) is 10.5. The maximum Gasteiger partial charge on any atom is 3.00 e. The third-order valence-electron chi connectivity index (χ3n) is 6.51. The summed E-state index contributed by atoms with van der Waals surface area (Å²) in [6.45, 7) is 4.91. The van der Waals surface area contributed by atoms with Gasteiger partial charge in [-0.1, -0.05) is 39.0 Å². The van der Waals surface area contributed by atoms with Gasteiger partial charge >= 0.3 is 20.1 Å². The van der Waals surface area contributed by atoms with Gasteiger partial charge in [0, 0.05) is 24.4 Å². The summed E-state index contributed by atoms with van der Waals surface area (Å²) in [4.78, 5) is 13.1. The van der Waals surface area contributed by atoms with Gasteiger partial charge in [-0.2, -0.15) is 37.0 Å². The molecule has 4 heterocycles. The number of hydrogen-bond acceptors (Lipinski definition) is 4. The summed E-state index contributed by atoms with van der Waals surface area (Å²) in [5, 5.41) is 1.33. The maximum atomic E-state index is 8.78. The fourth-order valence-electron chi connectivity index (χ4n) is 4.93. The zero-order valence-electron chi connectivity index (χ0n) is 27.7. The van der Waals surface area contributed by atoms with Crippen molar-refractivity contribution >= 4 is 44.4 Å². The molecule has 0 unspecified atom stereocenters. The van der Waals surface area contributed by atoms with Crippen LogP contribution in [-0.4, -0.2) is 21.4 Å². The molecule has 202 valence electrons. The Balaban J connectivity index is 0.000000200. The van der Waals surface area contributed by atoms with Crippen LogP contribution in [0.15, 0.2) is 85.1 Å². The summed E-state index contributed by atoms with van der Waals surface area (Å²) in [7, 11) is 2.06. The van der Waals surface area contributed by atoms with E-state index < -0.39 is 18.6 Å². The van der Waals surface area contributed by atoms with E-state index in [1.165, 1.54) is 11.4 Å². The van der Waals surface area contributed by atoms with E-state index in [0.29, 0.717) is 27.3 Å². The van der Waals surface area contributed by atoms with Crippen LogP contribution in [-0.2, 0) is 26.5 Å². The second kappa shape index (κ2) is 11.0. The minimum absolute atomic E-state index is 0. The molecule has 0 aliphatic carbocycles. The predicted octanol–water partition coefficient (Wildman–Crippen LogP) is 7.92. The number of benzene rings is 3. The van der Waals surface area contributed by atoms with Crippen molar-refractivity contribution in [3.8, 4) is 0 Å². The Kier molecular flexibility index (Phi) is 6.07. The number of anilines is 3. The molecule has 6 aromatic rings. The fraction of sp³-hybridized carbons (Fsp3) is 0.206. The zero-order chi connectivity index (χ0) is 31.4. The third kappa shape index (κ3) is 5.10. The SMILES string of the molecule is CN1[CH-]N(c2[c-]cccc2)c2ccccc21.[2H]C([2H])([2H])c1nc(C([2H])([2H])C(C)(C)C)c2c3cccnc3c3[c-]cccc3n12.[Ir+3]. The van der Waals surface area contributed by atoms with E-state index in [4.69, 9.17) is 6.85 Å². The van der Waals surface area contributed by atoms with Crippen LogP contribution in [0.25, 0.3) is 27.3 Å². The minimum atomic E-state index is -2.51. The van der Waals surface area contributed by atoms with Crippen LogP contribution in [0.2, 0.25) is 0 Å². The standard InChI is InChI=1S/C20H20N3.C14H12N2.Ir/c1-13-22-16(12-20(2,3)4)19-15-9-7-11-21-18(15)14-8-5-6-10-17(14)23(13)19;1-15-11-16(12-7-3-2-4-8-12)14-10-6-5-9-13(14)15;/h5-7,9-11H,12H2,1-4H3;2-7,9-11H,1H3;/q-1;-2;+3/i1D3,12D2;;. The van der Waals surface area contributed by atoms with Crippen molar-refractivity contribution in [2.24, 2.45) is 5.41 Å². The van der Waals surface area contributed by atoms with Crippen LogP contribution in [0.1, 0.15) is 39.1 Å². The van der Waals surface area contributed by atoms with E-state index in [1.54, 1.807) is 55.6 Å². The van der Waals surface area contributed by atoms with Gasteiger partial charge < -0.3 is 19.2 Å². The molecule has 0 radical (unpaired) electrons. The van der Waals surface area contributed by atoms with Gasteiger partial charge in [-0.25, -0.2) is 4.98 Å². The molecular weight excluding hydrogens is 671 g/mol. The van der Waals surface area contributed by atoms with E-state index in [0.717, 1.165) is 5.69 Å². The molecule has 3 aromatic heterocycles. The average Bonchev–Trinajstić information content (AvgIpc) is 3.58. The van der Waals surface area contributed by atoms with Crippen molar-refractivity contribution in [3.05, 3.63) is 115 Å². The van der Waals surface area contributed by atoms with Crippen LogP contribution < -0.4 is 9.80 Å². The molecule has 40 heavy (non-hydrogen) atoms. The normalized spacial score (nSPS) is 15.3. The molecule has 1 aliphatic rings. The van der Waals surface area contributed by atoms with Gasteiger partial charge in [0.15, 0.2) is 0 Å². The molecule has 0 fully saturated rings. The third-order valence-corrected chi connectivity index (χ3v) is 6.51. The summed E-state index contributed by atoms with van der Waals surface area (Å²) in [5.41, 5.74) is 4.51. The number of aryl methyl sites for hydroxylation is 1. The summed E-state index contributed by atoms with van der Waals surface area (Å²) in [5.74, 6) is -0.152. The minimum Gasteiger partial charge on any atom is -0.504 e. The maximum absolute atomic E-state index is 8.78. The molecule has 0 bridgehead atoms. The van der Waals surface area contributed by atoms with E-state index in [-0.39, 0.29) is 31.6 Å². The zero-order valence-corrected chi connectivity index (χ0v) is 25.1. The number of fused-ring (bicyclic) bond motifs is 7. The van der Waals surface area contributed by atoms with Gasteiger partial charge in [-0.3, -0.25) is 0 Å². The largest absolute Gasteiger partial charge is 3.00 e. The van der Waals surface area contributed by atoms with Crippen LogP contribution in [0.3, 0.4) is 0 Å². The number of rotatable bonds is 2. The summed E-state index contributed by atoms with van der Waals surface area (Å²) in [6, 6.07) is 31.7. The number of pyridine rings is 2. The monoisotopic (exact) mass is 708 g/mol. The molecule has 1 aliphatic heterocycles. The van der Waals surface area contributed by atoms with Gasteiger partial charge in [-0.05, 0) is 60.3 Å². The Morgan fingerprint density at radius 1 is 0.950 bits per heavy atom. The molecular formula is C34H32IrN5. The topological polar surface area (TPSA) is 36.7 Å². The quantitative estimate of drug-likeness (QED) is 0.135. The predicted molar refractivity (Wildman–Crippen MR) is 161 cm³/mol. The Hall–Kier alpha value is -3.73. The van der Waals surface area contributed by atoms with Gasteiger partial charge in [0.2, 0.25) is 0 Å². The van der Waals surface area contributed by atoms with Gasteiger partial charge in [-0.15, -0.1) is 35.3 Å². The van der Waals surface area contributed by atoms with Crippen molar-refractivity contribution in [2.45, 2.75) is 34.0 Å². The molecule has 0 atom stereocenters. The smallest absolute Gasteiger partial charge is 0.504 e. The van der Waals surface area contributed by atoms with E-state index >= 15 is 0 Å². The Bertz CT molecular complexity index is 1980. The fourth-order valence-corrected chi connectivity index (χ4v) is 4.93. The summed E-state index contributed by atoms with van der Waals surface area (Å²) in [6.07, 6.45) is -0.199. The molecule has 0 amide bonds. The van der Waals surface area contributed by atoms with E-state index in [2.05, 4.69) is 75.9 Å². The first-order valence-electron chi connectivity index (χ1n) is 15.3. The molecule has 0 N–H and O–H groups in total. The Morgan fingerprint density at radius 3 is 2.48 bits per heavy atom. The van der Waals surface area contributed by atoms with E-state index in [9.17, 15) is 0 Å². The van der Waals surface area contributed by atoms with Crippen molar-refractivity contribution < 1.29 is 27.0 Å². The molecule has 5 nitrogen and oxygen atoms in total. The molecule has 7 rings (SSSR count). The van der Waals surface area contributed by atoms with Crippen LogP contribution in [0.5, 0.6) is 0 Å². The Morgan fingerprint density at radius 2 is 1.73 bits per heavy atom. The number of hydrogen-bond donors (Lipinski definition) is 0. The summed E-state index contributed by atoms with van der Waals surface area (Å²) >= 11 is 0. The molecule has 3 aromatic carbocycles. The number of para-hydroxylation sites is 3. The average molecular weight is 708 g/mol. The van der Waals surface area contributed by atoms with Crippen LogP contribution >= 0.6 is 0 Å². The first-order chi connectivity index (χ1) is 20.8. The van der Waals surface area contributed by atoms with Gasteiger partial charge in [0.1, 0.15) is 5.82 Å². The Labute approximate surface area is 256 Å². The van der Waals surface area contributed by atoms with Crippen LogP contribution in [0.4, 0.5) is 17.1 Å². The van der Waals surface area contributed by atoms with Crippen molar-refractivity contribution in [1.82, 2.24) is 14.4 Å². The molecule has 0 spiro atoms. The van der Waals surface area contributed by atoms with Crippen molar-refractivity contribution in [1.29, 1.82) is 0 Å². The first kappa shape index (κ1) is 22.0. The molecule has 0 saturated carbocycles. The van der Waals surface area contributed by atoms with E-state index in [1.807, 2.05) is 24.3 Å². The van der Waals surface area contributed by atoms with Gasteiger partial charge in [0.05, 0.1) is 11.2 Å². The number of imidazole rings is 1.